The van der Waals surface area contributed by atoms with Gasteiger partial charge in [-0.05, 0) is 19.3 Å². The quantitative estimate of drug-likeness (QED) is 0.323. The van der Waals surface area contributed by atoms with Crippen molar-refractivity contribution in [2.24, 2.45) is 10.7 Å². The predicted molar refractivity (Wildman–Crippen MR) is 75.4 cm³/mol. The lowest BCUT2D eigenvalue weighted by molar-refractivity contribution is -0.0630. The van der Waals surface area contributed by atoms with Crippen LogP contribution in [-0.4, -0.2) is 45.5 Å². The van der Waals surface area contributed by atoms with Crippen molar-refractivity contribution in [1.29, 1.82) is 0 Å². The summed E-state index contributed by atoms with van der Waals surface area (Å²) < 4.78 is 10.3. The third-order valence-corrected chi connectivity index (χ3v) is 2.85. The van der Waals surface area contributed by atoms with E-state index in [-0.39, 0.29) is 29.6 Å². The van der Waals surface area contributed by atoms with Gasteiger partial charge in [-0.25, -0.2) is 0 Å². The first-order valence-corrected chi connectivity index (χ1v) is 5.30. The summed E-state index contributed by atoms with van der Waals surface area (Å²) in [7, 11) is 3.40. The monoisotopic (exact) mass is 343 g/mol. The summed E-state index contributed by atoms with van der Waals surface area (Å²) in [6.07, 6.45) is 3.39. The van der Waals surface area contributed by atoms with Crippen LogP contribution in [0, 0.1) is 0 Å². The van der Waals surface area contributed by atoms with E-state index in [4.69, 9.17) is 15.2 Å². The normalized spacial score (nSPS) is 18.5. The largest absolute Gasteiger partial charge is 0.383 e. The van der Waals surface area contributed by atoms with Gasteiger partial charge in [0.05, 0.1) is 18.8 Å². The fourth-order valence-corrected chi connectivity index (χ4v) is 1.56. The van der Waals surface area contributed by atoms with Crippen LogP contribution in [-0.2, 0) is 9.47 Å². The van der Waals surface area contributed by atoms with Crippen molar-refractivity contribution in [3.8, 4) is 0 Å². The first kappa shape index (κ1) is 15.9. The van der Waals surface area contributed by atoms with Crippen LogP contribution < -0.4 is 11.1 Å². The van der Waals surface area contributed by atoms with Crippen molar-refractivity contribution in [2.45, 2.75) is 24.9 Å². The van der Waals surface area contributed by atoms with E-state index in [9.17, 15) is 0 Å². The van der Waals surface area contributed by atoms with Crippen LogP contribution >= 0.6 is 24.0 Å². The van der Waals surface area contributed by atoms with Crippen LogP contribution in [0.25, 0.3) is 0 Å². The van der Waals surface area contributed by atoms with E-state index in [1.165, 1.54) is 6.42 Å². The zero-order chi connectivity index (χ0) is 11.1. The fourth-order valence-electron chi connectivity index (χ4n) is 1.56. The fraction of sp³-hybridized carbons (Fsp3) is 0.900. The smallest absolute Gasteiger partial charge is 0.188 e. The van der Waals surface area contributed by atoms with Gasteiger partial charge in [0.1, 0.15) is 0 Å². The molecular formula is C10H22IN3O2. The average Bonchev–Trinajstić information content (AvgIpc) is 2.17. The van der Waals surface area contributed by atoms with Crippen molar-refractivity contribution in [3.05, 3.63) is 0 Å². The number of methoxy groups -OCH3 is 2. The lowest BCUT2D eigenvalue weighted by atomic mass is 9.80. The topological polar surface area (TPSA) is 68.9 Å². The molecule has 0 amide bonds. The second-order valence-electron chi connectivity index (χ2n) is 3.86. The minimum atomic E-state index is -0.0481. The van der Waals surface area contributed by atoms with Gasteiger partial charge in [-0.15, -0.1) is 24.0 Å². The first-order chi connectivity index (χ1) is 7.22. The lowest BCUT2D eigenvalue weighted by Crippen LogP contribution is -2.44. The highest BCUT2D eigenvalue weighted by Crippen LogP contribution is 2.34. The van der Waals surface area contributed by atoms with E-state index >= 15 is 0 Å². The Morgan fingerprint density at radius 2 is 2.12 bits per heavy atom. The molecule has 1 saturated carbocycles. The van der Waals surface area contributed by atoms with Crippen LogP contribution in [0.15, 0.2) is 4.99 Å². The number of guanidine groups is 1. The molecule has 0 unspecified atom stereocenters. The first-order valence-electron chi connectivity index (χ1n) is 5.30. The van der Waals surface area contributed by atoms with Crippen LogP contribution in [0.4, 0.5) is 0 Å². The Hall–Kier alpha value is -0.0800. The molecule has 0 aromatic heterocycles. The molecule has 1 aliphatic carbocycles. The van der Waals surface area contributed by atoms with E-state index in [0.717, 1.165) is 12.8 Å². The van der Waals surface area contributed by atoms with Crippen molar-refractivity contribution < 1.29 is 9.47 Å². The number of nitrogens with one attached hydrogen (secondary N) is 1. The second-order valence-corrected chi connectivity index (χ2v) is 3.86. The minimum absolute atomic E-state index is 0. The number of halogens is 1. The van der Waals surface area contributed by atoms with Gasteiger partial charge >= 0.3 is 0 Å². The summed E-state index contributed by atoms with van der Waals surface area (Å²) in [5.74, 6) is 0.468. The van der Waals surface area contributed by atoms with Crippen molar-refractivity contribution in [2.75, 3.05) is 33.9 Å². The Kier molecular flexibility index (Phi) is 8.04. The zero-order valence-corrected chi connectivity index (χ0v) is 12.3. The Morgan fingerprint density at radius 1 is 1.44 bits per heavy atom. The predicted octanol–water partition coefficient (Wildman–Crippen LogP) is 0.724. The molecular weight excluding hydrogens is 321 g/mol. The van der Waals surface area contributed by atoms with Crippen LogP contribution in [0.3, 0.4) is 0 Å². The molecule has 96 valence electrons. The number of hydrogen-bond acceptors (Lipinski definition) is 3. The van der Waals surface area contributed by atoms with E-state index in [0.29, 0.717) is 25.7 Å². The molecule has 0 aromatic rings. The van der Waals surface area contributed by atoms with Crippen molar-refractivity contribution in [1.82, 2.24) is 5.32 Å². The van der Waals surface area contributed by atoms with Gasteiger partial charge in [0, 0.05) is 20.8 Å². The standard InChI is InChI=1S/C10H21N3O2.HI/c1-14-7-6-12-9(11)13-8-10(15-2)4-3-5-10;/h3-8H2,1-2H3,(H3,11,12,13);1H. The van der Waals surface area contributed by atoms with Crippen LogP contribution in [0.2, 0.25) is 0 Å². The van der Waals surface area contributed by atoms with Crippen molar-refractivity contribution in [3.63, 3.8) is 0 Å². The van der Waals surface area contributed by atoms with Crippen molar-refractivity contribution >= 4 is 29.9 Å². The van der Waals surface area contributed by atoms with Crippen LogP contribution in [0.5, 0.6) is 0 Å². The molecule has 0 atom stereocenters. The Bertz CT molecular complexity index is 215. The van der Waals surface area contributed by atoms with Gasteiger partial charge in [-0.2, -0.15) is 0 Å². The van der Waals surface area contributed by atoms with Gasteiger partial charge in [0.25, 0.3) is 0 Å². The number of hydrogen-bond donors (Lipinski definition) is 2. The van der Waals surface area contributed by atoms with Gasteiger partial charge in [0.2, 0.25) is 0 Å². The number of nitrogens with zero attached hydrogens (tertiary/aromatic N) is 1. The molecule has 5 nitrogen and oxygen atoms in total. The number of nitrogens with two attached hydrogens (primary N) is 1. The maximum absolute atomic E-state index is 5.68. The summed E-state index contributed by atoms with van der Waals surface area (Å²) in [5.41, 5.74) is 5.63. The molecule has 16 heavy (non-hydrogen) atoms. The third kappa shape index (κ3) is 4.84. The van der Waals surface area contributed by atoms with E-state index in [2.05, 4.69) is 10.3 Å². The summed E-state index contributed by atoms with van der Waals surface area (Å²) in [6, 6.07) is 0. The SMILES string of the molecule is COCCNC(N)=NCC1(OC)CCC1.I. The summed E-state index contributed by atoms with van der Waals surface area (Å²) in [4.78, 5) is 4.26. The molecule has 1 fully saturated rings. The van der Waals surface area contributed by atoms with Gasteiger partial charge in [-0.1, -0.05) is 0 Å². The Balaban J connectivity index is 0.00000225. The number of ether oxygens (including phenoxy) is 2. The molecule has 0 heterocycles. The molecule has 0 radical (unpaired) electrons. The number of aliphatic imine (C=N–C) groups is 1. The molecule has 6 heteroatoms. The molecule has 0 aromatic carbocycles. The van der Waals surface area contributed by atoms with Crippen LogP contribution in [0.1, 0.15) is 19.3 Å². The lowest BCUT2D eigenvalue weighted by Gasteiger charge is -2.39. The molecule has 0 bridgehead atoms. The Morgan fingerprint density at radius 3 is 2.56 bits per heavy atom. The van der Waals surface area contributed by atoms with Gasteiger partial charge < -0.3 is 20.5 Å². The molecule has 0 saturated heterocycles. The molecule has 0 spiro atoms. The van der Waals surface area contributed by atoms with Gasteiger partial charge in [-0.3, -0.25) is 4.99 Å². The van der Waals surface area contributed by atoms with E-state index in [1.807, 2.05) is 0 Å². The van der Waals surface area contributed by atoms with Gasteiger partial charge in [0.15, 0.2) is 5.96 Å². The highest BCUT2D eigenvalue weighted by atomic mass is 127. The molecule has 1 aliphatic rings. The van der Waals surface area contributed by atoms with E-state index < -0.39 is 0 Å². The third-order valence-electron chi connectivity index (χ3n) is 2.85. The zero-order valence-electron chi connectivity index (χ0n) is 9.99. The number of rotatable bonds is 6. The molecule has 0 aliphatic heterocycles. The Labute approximate surface area is 114 Å². The minimum Gasteiger partial charge on any atom is -0.383 e. The highest BCUT2D eigenvalue weighted by Gasteiger charge is 2.36. The summed E-state index contributed by atoms with van der Waals surface area (Å²) in [5, 5.41) is 2.98. The highest BCUT2D eigenvalue weighted by molar-refractivity contribution is 14.0. The summed E-state index contributed by atoms with van der Waals surface area (Å²) >= 11 is 0. The van der Waals surface area contributed by atoms with E-state index in [1.54, 1.807) is 14.2 Å². The summed E-state index contributed by atoms with van der Waals surface area (Å²) in [6.45, 7) is 1.97. The molecule has 1 rings (SSSR count). The maximum atomic E-state index is 5.68. The average molecular weight is 343 g/mol. The molecule has 3 N–H and O–H groups in total. The maximum Gasteiger partial charge on any atom is 0.188 e. The second kappa shape index (κ2) is 8.08.